The molecule has 0 aliphatic carbocycles. The molecule has 0 saturated carbocycles. The lowest BCUT2D eigenvalue weighted by atomic mass is 10.3. The second-order valence-corrected chi connectivity index (χ2v) is 6.55. The van der Waals surface area contributed by atoms with Gasteiger partial charge in [0.05, 0.1) is 6.20 Å². The van der Waals surface area contributed by atoms with Crippen LogP contribution >= 0.6 is 0 Å². The molecule has 0 aliphatic heterocycles. The van der Waals surface area contributed by atoms with Crippen molar-refractivity contribution >= 4 is 28.7 Å². The number of halogens is 3. The minimum absolute atomic E-state index is 0.0367. The van der Waals surface area contributed by atoms with Crippen molar-refractivity contribution in [1.29, 1.82) is 0 Å². The van der Waals surface area contributed by atoms with E-state index in [9.17, 15) is 18.0 Å². The number of rotatable bonds is 8. The number of alkyl halides is 2. The van der Waals surface area contributed by atoms with E-state index in [4.69, 9.17) is 4.74 Å². The number of H-pyrrole nitrogens is 1. The molecule has 3 aromatic heterocycles. The SMILES string of the molecule is C=CC(=O)Nc1ccc(F)c(Oc2nc(Nc3c[nH][n+](CC(F)F)c3)nn3cccc23)c1. The van der Waals surface area contributed by atoms with E-state index in [1.807, 2.05) is 0 Å². The number of aromatic amines is 1. The first-order valence-corrected chi connectivity index (χ1v) is 9.30. The number of anilines is 3. The summed E-state index contributed by atoms with van der Waals surface area (Å²) in [6, 6.07) is 7.21. The van der Waals surface area contributed by atoms with Gasteiger partial charge in [0.25, 0.3) is 6.43 Å². The average Bonchev–Trinajstić information content (AvgIpc) is 3.39. The molecule has 4 aromatic rings. The minimum Gasteiger partial charge on any atom is -0.434 e. The van der Waals surface area contributed by atoms with Crippen LogP contribution in [0.4, 0.5) is 30.5 Å². The van der Waals surface area contributed by atoms with Crippen LogP contribution in [-0.2, 0) is 11.3 Å². The van der Waals surface area contributed by atoms with Gasteiger partial charge in [0.1, 0.15) is 11.2 Å². The van der Waals surface area contributed by atoms with Gasteiger partial charge in [-0.25, -0.2) is 17.7 Å². The first-order chi connectivity index (χ1) is 15.4. The normalized spacial score (nSPS) is 11.0. The Kier molecular flexibility index (Phi) is 5.75. The molecule has 0 unspecified atom stereocenters. The lowest BCUT2D eigenvalue weighted by Gasteiger charge is -2.11. The van der Waals surface area contributed by atoms with Gasteiger partial charge in [-0.1, -0.05) is 6.58 Å². The standard InChI is InChI=1S/C20H16F3N7O2/c1-2-18(31)25-12-5-6-14(21)16(8-12)32-19-15-4-3-7-30(15)28-20(27-19)26-13-9-24-29(10-13)11-17(22)23/h2-10,17H,1,11H2,(H2,25,26,28,31)/p+1. The Labute approximate surface area is 179 Å². The summed E-state index contributed by atoms with van der Waals surface area (Å²) in [5.74, 6) is -1.17. The van der Waals surface area contributed by atoms with Crippen LogP contribution in [0, 0.1) is 5.82 Å². The van der Waals surface area contributed by atoms with Crippen molar-refractivity contribution in [1.82, 2.24) is 19.7 Å². The molecular weight excluding hydrogens is 427 g/mol. The van der Waals surface area contributed by atoms with Gasteiger partial charge in [-0.05, 0) is 30.3 Å². The fourth-order valence-corrected chi connectivity index (χ4v) is 2.84. The van der Waals surface area contributed by atoms with Gasteiger partial charge in [0.2, 0.25) is 30.5 Å². The molecule has 12 heteroatoms. The third-order valence-corrected chi connectivity index (χ3v) is 4.22. The molecule has 1 amide bonds. The Morgan fingerprint density at radius 2 is 2.19 bits per heavy atom. The molecule has 0 aliphatic rings. The number of amides is 1. The van der Waals surface area contributed by atoms with Crippen LogP contribution in [0.25, 0.3) is 5.52 Å². The Balaban J connectivity index is 1.63. The second-order valence-electron chi connectivity index (χ2n) is 6.55. The molecule has 0 saturated heterocycles. The number of ether oxygens (including phenoxy) is 1. The molecule has 9 nitrogen and oxygen atoms in total. The first kappa shape index (κ1) is 20.9. The molecule has 0 atom stereocenters. The summed E-state index contributed by atoms with van der Waals surface area (Å²) in [7, 11) is 0. The quantitative estimate of drug-likeness (QED) is 0.286. The molecule has 32 heavy (non-hydrogen) atoms. The van der Waals surface area contributed by atoms with Crippen molar-refractivity contribution in [3.8, 4) is 11.6 Å². The van der Waals surface area contributed by atoms with Crippen molar-refractivity contribution in [2.75, 3.05) is 10.6 Å². The number of benzene rings is 1. The smallest absolute Gasteiger partial charge is 0.298 e. The monoisotopic (exact) mass is 444 g/mol. The predicted octanol–water partition coefficient (Wildman–Crippen LogP) is 3.41. The average molecular weight is 444 g/mol. The van der Waals surface area contributed by atoms with Crippen molar-refractivity contribution in [2.24, 2.45) is 0 Å². The molecule has 1 aromatic carbocycles. The summed E-state index contributed by atoms with van der Waals surface area (Å²) >= 11 is 0. The molecule has 3 heterocycles. The van der Waals surface area contributed by atoms with Crippen LogP contribution in [-0.4, -0.2) is 32.0 Å². The number of carbonyl (C=O) groups excluding carboxylic acids is 1. The summed E-state index contributed by atoms with van der Waals surface area (Å²) in [4.78, 5) is 15.8. The lowest BCUT2D eigenvalue weighted by Crippen LogP contribution is -2.38. The van der Waals surface area contributed by atoms with Gasteiger partial charge >= 0.3 is 0 Å². The zero-order valence-electron chi connectivity index (χ0n) is 16.4. The summed E-state index contributed by atoms with van der Waals surface area (Å²) in [6.45, 7) is 2.87. The van der Waals surface area contributed by atoms with Crippen molar-refractivity contribution < 1.29 is 27.4 Å². The van der Waals surface area contributed by atoms with Crippen LogP contribution in [0.2, 0.25) is 0 Å². The molecule has 0 radical (unpaired) electrons. The summed E-state index contributed by atoms with van der Waals surface area (Å²) < 4.78 is 47.8. The van der Waals surface area contributed by atoms with E-state index < -0.39 is 24.7 Å². The van der Waals surface area contributed by atoms with Crippen molar-refractivity contribution in [3.63, 3.8) is 0 Å². The Hall–Kier alpha value is -4.35. The minimum atomic E-state index is -2.51. The second kappa shape index (κ2) is 8.79. The molecule has 0 bridgehead atoms. The van der Waals surface area contributed by atoms with E-state index in [2.05, 4.69) is 32.4 Å². The zero-order valence-corrected chi connectivity index (χ0v) is 16.4. The van der Waals surface area contributed by atoms with Crippen molar-refractivity contribution in [3.05, 3.63) is 67.4 Å². The molecule has 0 spiro atoms. The highest BCUT2D eigenvalue weighted by Gasteiger charge is 2.17. The Morgan fingerprint density at radius 3 is 2.97 bits per heavy atom. The number of hydrogen-bond acceptors (Lipinski definition) is 5. The molecular formula is C20H17F3N7O2+. The van der Waals surface area contributed by atoms with Crippen LogP contribution in [0.1, 0.15) is 0 Å². The lowest BCUT2D eigenvalue weighted by molar-refractivity contribution is -0.757. The van der Waals surface area contributed by atoms with Crippen LogP contribution < -0.4 is 20.1 Å². The maximum Gasteiger partial charge on any atom is 0.298 e. The van der Waals surface area contributed by atoms with E-state index in [0.29, 0.717) is 16.9 Å². The Morgan fingerprint density at radius 1 is 1.34 bits per heavy atom. The third-order valence-electron chi connectivity index (χ3n) is 4.22. The highest BCUT2D eigenvalue weighted by atomic mass is 19.3. The predicted molar refractivity (Wildman–Crippen MR) is 109 cm³/mol. The van der Waals surface area contributed by atoms with E-state index in [0.717, 1.165) is 12.1 Å². The van der Waals surface area contributed by atoms with Gasteiger partial charge in [-0.2, -0.15) is 10.1 Å². The number of fused-ring (bicyclic) bond motifs is 1. The maximum absolute atomic E-state index is 14.4. The van der Waals surface area contributed by atoms with Gasteiger partial charge < -0.3 is 15.4 Å². The van der Waals surface area contributed by atoms with Crippen LogP contribution in [0.5, 0.6) is 11.6 Å². The number of aromatic nitrogens is 5. The third kappa shape index (κ3) is 4.69. The van der Waals surface area contributed by atoms with Gasteiger partial charge in [0, 0.05) is 18.0 Å². The summed E-state index contributed by atoms with van der Waals surface area (Å²) in [6.07, 6.45) is 3.11. The van der Waals surface area contributed by atoms with E-state index in [1.165, 1.54) is 33.7 Å². The largest absolute Gasteiger partial charge is 0.434 e. The number of carbonyl (C=O) groups is 1. The molecule has 3 N–H and O–H groups in total. The van der Waals surface area contributed by atoms with E-state index in [-0.39, 0.29) is 17.6 Å². The zero-order chi connectivity index (χ0) is 22.7. The topological polar surface area (TPSA) is 100 Å². The number of hydrogen-bond donors (Lipinski definition) is 3. The number of nitrogens with zero attached hydrogens (tertiary/aromatic N) is 4. The highest BCUT2D eigenvalue weighted by Crippen LogP contribution is 2.30. The fourth-order valence-electron chi connectivity index (χ4n) is 2.84. The summed E-state index contributed by atoms with van der Waals surface area (Å²) in [5, 5.41) is 12.3. The molecule has 0 fully saturated rings. The maximum atomic E-state index is 14.4. The van der Waals surface area contributed by atoms with E-state index >= 15 is 0 Å². The summed E-state index contributed by atoms with van der Waals surface area (Å²) in [5.41, 5.74) is 1.20. The fraction of sp³-hybridized carbons (Fsp3) is 0.100. The van der Waals surface area contributed by atoms with Crippen LogP contribution in [0.15, 0.2) is 61.6 Å². The highest BCUT2D eigenvalue weighted by molar-refractivity contribution is 5.98. The van der Waals surface area contributed by atoms with Gasteiger partial charge in [-0.3, -0.25) is 4.79 Å². The van der Waals surface area contributed by atoms with Gasteiger partial charge in [-0.15, -0.1) is 9.78 Å². The number of nitrogens with one attached hydrogen (secondary N) is 3. The Bertz CT molecular complexity index is 1290. The van der Waals surface area contributed by atoms with Crippen molar-refractivity contribution in [2.45, 2.75) is 13.0 Å². The first-order valence-electron chi connectivity index (χ1n) is 9.30. The van der Waals surface area contributed by atoms with E-state index in [1.54, 1.807) is 18.3 Å². The molecule has 4 rings (SSSR count). The van der Waals surface area contributed by atoms with Gasteiger partial charge in [0.15, 0.2) is 11.6 Å². The molecule has 164 valence electrons. The van der Waals surface area contributed by atoms with Crippen LogP contribution in [0.3, 0.4) is 0 Å².